The van der Waals surface area contributed by atoms with Crippen LogP contribution in [0.4, 0.5) is 0 Å². The lowest BCUT2D eigenvalue weighted by Gasteiger charge is -2.19. The molecule has 4 nitrogen and oxygen atoms in total. The van der Waals surface area contributed by atoms with Crippen molar-refractivity contribution in [2.45, 2.75) is 38.5 Å². The standard InChI is InChI=1S/C14H20N2O2S/c1-11-9-10-14(2,3)13(11)15-16-19(17,18)12-7-5-4-6-8-12/h4-8,11,16H,9-10H2,1-3H3/b15-13-/t11-/m0/s1. The molecule has 0 amide bonds. The van der Waals surface area contributed by atoms with Crippen molar-refractivity contribution in [1.82, 2.24) is 4.83 Å². The van der Waals surface area contributed by atoms with Crippen molar-refractivity contribution in [1.29, 1.82) is 0 Å². The van der Waals surface area contributed by atoms with E-state index in [1.807, 2.05) is 0 Å². The molecule has 0 bridgehead atoms. The lowest BCUT2D eigenvalue weighted by atomic mass is 9.88. The molecule has 1 atom stereocenters. The van der Waals surface area contributed by atoms with Crippen LogP contribution in [0.25, 0.3) is 0 Å². The van der Waals surface area contributed by atoms with Gasteiger partial charge in [-0.05, 0) is 30.9 Å². The Morgan fingerprint density at radius 2 is 1.89 bits per heavy atom. The summed E-state index contributed by atoms with van der Waals surface area (Å²) in [6, 6.07) is 8.30. The average molecular weight is 280 g/mol. The molecule has 0 aromatic heterocycles. The molecule has 0 saturated heterocycles. The van der Waals surface area contributed by atoms with Gasteiger partial charge in [0.2, 0.25) is 0 Å². The summed E-state index contributed by atoms with van der Waals surface area (Å²) in [5, 5.41) is 4.18. The fourth-order valence-electron chi connectivity index (χ4n) is 2.53. The summed E-state index contributed by atoms with van der Waals surface area (Å²) in [6.07, 6.45) is 2.10. The zero-order valence-corrected chi connectivity index (χ0v) is 12.4. The zero-order chi connectivity index (χ0) is 14.1. The van der Waals surface area contributed by atoms with Crippen molar-refractivity contribution in [3.05, 3.63) is 30.3 Å². The van der Waals surface area contributed by atoms with Gasteiger partial charge in [-0.25, -0.2) is 4.83 Å². The van der Waals surface area contributed by atoms with Crippen molar-refractivity contribution in [3.8, 4) is 0 Å². The Hall–Kier alpha value is -1.36. The normalized spacial score (nSPS) is 24.6. The van der Waals surface area contributed by atoms with Crippen LogP contribution in [0.3, 0.4) is 0 Å². The van der Waals surface area contributed by atoms with E-state index in [1.165, 1.54) is 0 Å². The molecule has 1 aliphatic rings. The van der Waals surface area contributed by atoms with Gasteiger partial charge >= 0.3 is 0 Å². The number of sulfonamides is 1. The van der Waals surface area contributed by atoms with Gasteiger partial charge in [-0.2, -0.15) is 13.5 Å². The van der Waals surface area contributed by atoms with Gasteiger partial charge in [0.1, 0.15) is 0 Å². The van der Waals surface area contributed by atoms with Crippen molar-refractivity contribution in [2.75, 3.05) is 0 Å². The van der Waals surface area contributed by atoms with Crippen LogP contribution < -0.4 is 4.83 Å². The summed E-state index contributed by atoms with van der Waals surface area (Å²) in [6.45, 7) is 6.29. The molecule has 0 spiro atoms. The molecule has 1 saturated carbocycles. The smallest absolute Gasteiger partial charge is 0.200 e. The fraction of sp³-hybridized carbons (Fsp3) is 0.500. The van der Waals surface area contributed by atoms with E-state index in [0.29, 0.717) is 5.92 Å². The van der Waals surface area contributed by atoms with Gasteiger partial charge in [0.15, 0.2) is 0 Å². The molecule has 1 aliphatic carbocycles. The van der Waals surface area contributed by atoms with Crippen LogP contribution in [0.2, 0.25) is 0 Å². The molecule has 0 heterocycles. The Kier molecular flexibility index (Phi) is 3.67. The third kappa shape index (κ3) is 2.97. The van der Waals surface area contributed by atoms with E-state index in [9.17, 15) is 8.42 Å². The summed E-state index contributed by atoms with van der Waals surface area (Å²) in [5.41, 5.74) is 0.908. The quantitative estimate of drug-likeness (QED) is 0.865. The molecule has 0 aliphatic heterocycles. The van der Waals surface area contributed by atoms with Crippen LogP contribution >= 0.6 is 0 Å². The summed E-state index contributed by atoms with van der Waals surface area (Å²) >= 11 is 0. The molecule has 5 heteroatoms. The minimum absolute atomic E-state index is 0.0291. The Bertz CT molecular complexity index is 577. The highest BCUT2D eigenvalue weighted by Gasteiger charge is 2.36. The molecule has 104 valence electrons. The first kappa shape index (κ1) is 14.1. The van der Waals surface area contributed by atoms with E-state index in [0.717, 1.165) is 18.6 Å². The summed E-state index contributed by atoms with van der Waals surface area (Å²) < 4.78 is 24.2. The fourth-order valence-corrected chi connectivity index (χ4v) is 3.37. The second kappa shape index (κ2) is 4.96. The van der Waals surface area contributed by atoms with Gasteiger partial charge in [-0.15, -0.1) is 0 Å². The highest BCUT2D eigenvalue weighted by atomic mass is 32.2. The number of rotatable bonds is 3. The van der Waals surface area contributed by atoms with Crippen molar-refractivity contribution < 1.29 is 8.42 Å². The first-order chi connectivity index (χ1) is 8.83. The van der Waals surface area contributed by atoms with Crippen LogP contribution in [-0.4, -0.2) is 14.1 Å². The highest BCUT2D eigenvalue weighted by Crippen LogP contribution is 2.38. The monoisotopic (exact) mass is 280 g/mol. The van der Waals surface area contributed by atoms with E-state index in [2.05, 4.69) is 30.7 Å². The van der Waals surface area contributed by atoms with Gasteiger partial charge in [-0.3, -0.25) is 0 Å². The van der Waals surface area contributed by atoms with E-state index < -0.39 is 10.0 Å². The predicted molar refractivity (Wildman–Crippen MR) is 76.4 cm³/mol. The molecule has 1 fully saturated rings. The van der Waals surface area contributed by atoms with Crippen molar-refractivity contribution in [3.63, 3.8) is 0 Å². The Balaban J connectivity index is 2.23. The summed E-state index contributed by atoms with van der Waals surface area (Å²) in [4.78, 5) is 2.60. The second-order valence-electron chi connectivity index (χ2n) is 5.73. The highest BCUT2D eigenvalue weighted by molar-refractivity contribution is 7.89. The Labute approximate surface area is 115 Å². The van der Waals surface area contributed by atoms with Crippen LogP contribution in [0.15, 0.2) is 40.3 Å². The van der Waals surface area contributed by atoms with Crippen molar-refractivity contribution in [2.24, 2.45) is 16.4 Å². The maximum absolute atomic E-state index is 12.1. The SMILES string of the molecule is C[C@H]1CCC(C)(C)/C1=N\NS(=O)(=O)c1ccccc1. The Morgan fingerprint density at radius 3 is 2.42 bits per heavy atom. The Morgan fingerprint density at radius 1 is 1.26 bits per heavy atom. The van der Waals surface area contributed by atoms with Gasteiger partial charge in [0.25, 0.3) is 10.0 Å². The second-order valence-corrected chi connectivity index (χ2v) is 7.39. The summed E-state index contributed by atoms with van der Waals surface area (Å²) in [5.74, 6) is 0.327. The third-order valence-corrected chi connectivity index (χ3v) is 4.93. The lowest BCUT2D eigenvalue weighted by Crippen LogP contribution is -2.27. The molecular weight excluding hydrogens is 260 g/mol. The maximum Gasteiger partial charge on any atom is 0.276 e. The maximum atomic E-state index is 12.1. The first-order valence-electron chi connectivity index (χ1n) is 6.48. The third-order valence-electron chi connectivity index (χ3n) is 3.70. The molecule has 1 aromatic carbocycles. The largest absolute Gasteiger partial charge is 0.276 e. The van der Waals surface area contributed by atoms with Gasteiger partial charge in [0, 0.05) is 11.1 Å². The van der Waals surface area contributed by atoms with Crippen molar-refractivity contribution >= 4 is 15.7 Å². The first-order valence-corrected chi connectivity index (χ1v) is 7.96. The predicted octanol–water partition coefficient (Wildman–Crippen LogP) is 2.78. The lowest BCUT2D eigenvalue weighted by molar-refractivity contribution is 0.505. The van der Waals surface area contributed by atoms with Gasteiger partial charge in [0.05, 0.1) is 4.90 Å². The molecule has 0 radical (unpaired) electrons. The van der Waals surface area contributed by atoms with E-state index in [4.69, 9.17) is 0 Å². The topological polar surface area (TPSA) is 58.5 Å². The number of hydrogen-bond donors (Lipinski definition) is 1. The number of benzene rings is 1. The number of hydrazone groups is 1. The average Bonchev–Trinajstić information content (AvgIpc) is 2.62. The molecular formula is C14H20N2O2S. The van der Waals surface area contributed by atoms with Crippen LogP contribution in [-0.2, 0) is 10.0 Å². The molecule has 2 rings (SSSR count). The van der Waals surface area contributed by atoms with E-state index in [1.54, 1.807) is 30.3 Å². The molecule has 19 heavy (non-hydrogen) atoms. The molecule has 1 aromatic rings. The number of hydrogen-bond acceptors (Lipinski definition) is 3. The van der Waals surface area contributed by atoms with Crippen LogP contribution in [0.5, 0.6) is 0 Å². The zero-order valence-electron chi connectivity index (χ0n) is 11.6. The number of nitrogens with zero attached hydrogens (tertiary/aromatic N) is 1. The summed E-state index contributed by atoms with van der Waals surface area (Å²) in [7, 11) is -3.56. The molecule has 0 unspecified atom stereocenters. The van der Waals surface area contributed by atoms with Gasteiger partial charge in [-0.1, -0.05) is 39.0 Å². The number of nitrogens with one attached hydrogen (secondary N) is 1. The minimum atomic E-state index is -3.56. The van der Waals surface area contributed by atoms with Gasteiger partial charge < -0.3 is 0 Å². The van der Waals surface area contributed by atoms with Crippen LogP contribution in [0, 0.1) is 11.3 Å². The van der Waals surface area contributed by atoms with Crippen LogP contribution in [0.1, 0.15) is 33.6 Å². The minimum Gasteiger partial charge on any atom is -0.200 e. The van der Waals surface area contributed by atoms with E-state index >= 15 is 0 Å². The molecule has 1 N–H and O–H groups in total. The van der Waals surface area contributed by atoms with E-state index in [-0.39, 0.29) is 10.3 Å².